The lowest BCUT2D eigenvalue weighted by Gasteiger charge is -2.25. The van der Waals surface area contributed by atoms with Crippen molar-refractivity contribution >= 4 is 56.9 Å². The van der Waals surface area contributed by atoms with Crippen molar-refractivity contribution in [2.24, 2.45) is 15.7 Å². The first-order chi connectivity index (χ1) is 12.0. The fraction of sp³-hybridized carbons (Fsp3) is 0.0588. The summed E-state index contributed by atoms with van der Waals surface area (Å²) in [6.45, 7) is 0. The molecule has 0 saturated heterocycles. The minimum Gasteiger partial charge on any atom is -0.378 e. The SMILES string of the molecule is NC(=Nc1ccccc1)SC1=NC(=O)CC(=O)N1c1ccc(Cl)cc1. The molecule has 0 saturated carbocycles. The highest BCUT2D eigenvalue weighted by Gasteiger charge is 2.30. The Kier molecular flexibility index (Phi) is 5.16. The summed E-state index contributed by atoms with van der Waals surface area (Å²) in [5.41, 5.74) is 7.18. The molecule has 8 heteroatoms. The number of hydrogen-bond acceptors (Lipinski definition) is 4. The monoisotopic (exact) mass is 372 g/mol. The predicted octanol–water partition coefficient (Wildman–Crippen LogP) is 3.34. The highest BCUT2D eigenvalue weighted by molar-refractivity contribution is 8.26. The van der Waals surface area contributed by atoms with Crippen LogP contribution in [0.25, 0.3) is 0 Å². The molecule has 0 spiro atoms. The average Bonchev–Trinajstić information content (AvgIpc) is 2.56. The molecule has 0 aliphatic carbocycles. The molecule has 6 nitrogen and oxygen atoms in total. The Morgan fingerprint density at radius 1 is 1.12 bits per heavy atom. The zero-order valence-corrected chi connectivity index (χ0v) is 14.5. The minimum absolute atomic E-state index is 0.167. The first kappa shape index (κ1) is 17.2. The zero-order valence-electron chi connectivity index (χ0n) is 12.9. The van der Waals surface area contributed by atoms with Crippen LogP contribution in [0, 0.1) is 0 Å². The van der Waals surface area contributed by atoms with E-state index < -0.39 is 5.91 Å². The van der Waals surface area contributed by atoms with Crippen LogP contribution >= 0.6 is 23.4 Å². The van der Waals surface area contributed by atoms with Crippen LogP contribution in [0.15, 0.2) is 64.6 Å². The molecule has 25 heavy (non-hydrogen) atoms. The molecular weight excluding hydrogens is 360 g/mol. The van der Waals surface area contributed by atoms with E-state index in [9.17, 15) is 9.59 Å². The number of anilines is 1. The van der Waals surface area contributed by atoms with Gasteiger partial charge in [-0.05, 0) is 48.2 Å². The molecule has 3 rings (SSSR count). The third kappa shape index (κ3) is 4.26. The van der Waals surface area contributed by atoms with Gasteiger partial charge in [0.2, 0.25) is 5.91 Å². The van der Waals surface area contributed by atoms with Crippen molar-refractivity contribution in [3.05, 3.63) is 59.6 Å². The number of benzene rings is 2. The molecular formula is C17H13ClN4O2S. The maximum atomic E-state index is 12.3. The maximum absolute atomic E-state index is 12.3. The van der Waals surface area contributed by atoms with Crippen molar-refractivity contribution in [1.82, 2.24) is 0 Å². The smallest absolute Gasteiger partial charge is 0.257 e. The van der Waals surface area contributed by atoms with E-state index in [0.717, 1.165) is 11.8 Å². The lowest BCUT2D eigenvalue weighted by Crippen LogP contribution is -2.41. The number of halogens is 1. The highest BCUT2D eigenvalue weighted by atomic mass is 35.5. The van der Waals surface area contributed by atoms with E-state index in [2.05, 4.69) is 9.98 Å². The van der Waals surface area contributed by atoms with Gasteiger partial charge in [0.25, 0.3) is 5.91 Å². The number of thioether (sulfide) groups is 1. The van der Waals surface area contributed by atoms with Crippen molar-refractivity contribution in [2.45, 2.75) is 6.42 Å². The van der Waals surface area contributed by atoms with E-state index in [1.165, 1.54) is 4.90 Å². The van der Waals surface area contributed by atoms with Gasteiger partial charge in [-0.15, -0.1) is 0 Å². The summed E-state index contributed by atoms with van der Waals surface area (Å²) in [6.07, 6.45) is -0.289. The molecule has 0 radical (unpaired) electrons. The van der Waals surface area contributed by atoms with Gasteiger partial charge in [0.1, 0.15) is 6.42 Å². The first-order valence-electron chi connectivity index (χ1n) is 7.30. The number of aliphatic imine (C=N–C) groups is 2. The number of nitrogens with zero attached hydrogens (tertiary/aromatic N) is 3. The largest absolute Gasteiger partial charge is 0.378 e. The van der Waals surface area contributed by atoms with Crippen molar-refractivity contribution in [2.75, 3.05) is 4.90 Å². The topological polar surface area (TPSA) is 88.1 Å². The molecule has 1 heterocycles. The van der Waals surface area contributed by atoms with Crippen LogP contribution in [0.1, 0.15) is 6.42 Å². The van der Waals surface area contributed by atoms with Crippen molar-refractivity contribution < 1.29 is 9.59 Å². The van der Waals surface area contributed by atoms with Crippen molar-refractivity contribution in [1.29, 1.82) is 0 Å². The second-order valence-electron chi connectivity index (χ2n) is 5.06. The van der Waals surface area contributed by atoms with Crippen LogP contribution in [0.3, 0.4) is 0 Å². The van der Waals surface area contributed by atoms with E-state index in [4.69, 9.17) is 17.3 Å². The van der Waals surface area contributed by atoms with Gasteiger partial charge in [0.05, 0.1) is 11.4 Å². The molecule has 0 unspecified atom stereocenters. The second kappa shape index (κ2) is 7.50. The van der Waals surface area contributed by atoms with Crippen LogP contribution in [0.2, 0.25) is 5.02 Å². The van der Waals surface area contributed by atoms with Crippen LogP contribution in [0.5, 0.6) is 0 Å². The summed E-state index contributed by atoms with van der Waals surface area (Å²) >= 11 is 6.85. The lowest BCUT2D eigenvalue weighted by atomic mass is 10.2. The standard InChI is InChI=1S/C17H13ClN4O2S/c18-11-6-8-13(9-7-11)22-15(24)10-14(23)21-17(22)25-16(19)20-12-4-2-1-3-5-12/h1-9H,10H2,(H2,19,20). The fourth-order valence-corrected chi connectivity index (χ4v) is 3.08. The first-order valence-corrected chi connectivity index (χ1v) is 8.49. The molecule has 0 atom stereocenters. The summed E-state index contributed by atoms with van der Waals surface area (Å²) in [5, 5.41) is 0.882. The van der Waals surface area contributed by atoms with Crippen LogP contribution in [-0.4, -0.2) is 22.1 Å². The summed E-state index contributed by atoms with van der Waals surface area (Å²) in [4.78, 5) is 33.6. The molecule has 2 N–H and O–H groups in total. The van der Waals surface area contributed by atoms with E-state index in [-0.39, 0.29) is 22.7 Å². The Labute approximate surface area is 153 Å². The van der Waals surface area contributed by atoms with Gasteiger partial charge in [-0.1, -0.05) is 29.8 Å². The number of amidine groups is 2. The van der Waals surface area contributed by atoms with Crippen molar-refractivity contribution in [3.8, 4) is 0 Å². The summed E-state index contributed by atoms with van der Waals surface area (Å²) in [6, 6.07) is 15.8. The Balaban J connectivity index is 1.90. The average molecular weight is 373 g/mol. The van der Waals surface area contributed by atoms with E-state index in [1.54, 1.807) is 36.4 Å². The van der Waals surface area contributed by atoms with Gasteiger partial charge < -0.3 is 5.73 Å². The van der Waals surface area contributed by atoms with Crippen LogP contribution < -0.4 is 10.6 Å². The molecule has 0 bridgehead atoms. The molecule has 0 fully saturated rings. The highest BCUT2D eigenvalue weighted by Crippen LogP contribution is 2.26. The number of rotatable bonds is 2. The number of amides is 2. The van der Waals surface area contributed by atoms with Crippen LogP contribution in [-0.2, 0) is 9.59 Å². The number of carbonyl (C=O) groups is 2. The fourth-order valence-electron chi connectivity index (χ4n) is 2.17. The summed E-state index contributed by atoms with van der Waals surface area (Å²) < 4.78 is 0. The van der Waals surface area contributed by atoms with E-state index in [0.29, 0.717) is 16.4 Å². The molecule has 0 aromatic heterocycles. The van der Waals surface area contributed by atoms with Crippen molar-refractivity contribution in [3.63, 3.8) is 0 Å². The van der Waals surface area contributed by atoms with Gasteiger partial charge in [-0.2, -0.15) is 4.99 Å². The Morgan fingerprint density at radius 3 is 2.48 bits per heavy atom. The number of para-hydroxylation sites is 1. The van der Waals surface area contributed by atoms with E-state index >= 15 is 0 Å². The molecule has 126 valence electrons. The molecule has 2 aromatic rings. The Morgan fingerprint density at radius 2 is 1.80 bits per heavy atom. The number of hydrogen-bond donors (Lipinski definition) is 1. The quantitative estimate of drug-likeness (QED) is 0.497. The molecule has 2 aromatic carbocycles. The number of carbonyl (C=O) groups excluding carboxylic acids is 2. The minimum atomic E-state index is -0.509. The molecule has 2 amide bonds. The van der Waals surface area contributed by atoms with E-state index in [1.807, 2.05) is 18.2 Å². The molecule has 1 aliphatic rings. The van der Waals surface area contributed by atoms with Gasteiger partial charge in [-0.3, -0.25) is 14.5 Å². The Hall–Kier alpha value is -2.64. The van der Waals surface area contributed by atoms with Gasteiger partial charge >= 0.3 is 0 Å². The Bertz CT molecular complexity index is 866. The maximum Gasteiger partial charge on any atom is 0.257 e. The van der Waals surface area contributed by atoms with Gasteiger partial charge in [0, 0.05) is 5.02 Å². The zero-order chi connectivity index (χ0) is 17.8. The summed E-state index contributed by atoms with van der Waals surface area (Å²) in [7, 11) is 0. The normalized spacial score (nSPS) is 15.3. The second-order valence-corrected chi connectivity index (χ2v) is 6.48. The lowest BCUT2D eigenvalue weighted by molar-refractivity contribution is -0.126. The van der Waals surface area contributed by atoms with Crippen LogP contribution in [0.4, 0.5) is 11.4 Å². The number of nitrogens with two attached hydrogens (primary N) is 1. The van der Waals surface area contributed by atoms with Gasteiger partial charge in [0.15, 0.2) is 10.3 Å². The summed E-state index contributed by atoms with van der Waals surface area (Å²) in [5.74, 6) is -0.887. The molecule has 1 aliphatic heterocycles. The van der Waals surface area contributed by atoms with Gasteiger partial charge in [-0.25, -0.2) is 4.99 Å². The third-order valence-corrected chi connectivity index (χ3v) is 4.25. The predicted molar refractivity (Wildman–Crippen MR) is 101 cm³/mol. The third-order valence-electron chi connectivity index (χ3n) is 3.24.